The van der Waals surface area contributed by atoms with Gasteiger partial charge in [0.1, 0.15) is 11.3 Å². The second kappa shape index (κ2) is 5.59. The molecule has 1 aliphatic heterocycles. The van der Waals surface area contributed by atoms with Crippen molar-refractivity contribution >= 4 is 28.0 Å². The minimum Gasteiger partial charge on any atom is -0.618 e. The third-order valence-corrected chi connectivity index (χ3v) is 4.11. The first-order chi connectivity index (χ1) is 12.3. The first kappa shape index (κ1) is 16.1. The molecular weight excluding hydrogens is 347 g/mol. The maximum atomic E-state index is 12.9. The zero-order valence-corrected chi connectivity index (χ0v) is 13.1. The van der Waals surface area contributed by atoms with E-state index in [1.807, 2.05) is 12.1 Å². The van der Waals surface area contributed by atoms with Crippen molar-refractivity contribution in [1.82, 2.24) is 0 Å². The van der Waals surface area contributed by atoms with Crippen LogP contribution in [0.3, 0.4) is 0 Å². The van der Waals surface area contributed by atoms with Gasteiger partial charge in [0.15, 0.2) is 0 Å². The summed E-state index contributed by atoms with van der Waals surface area (Å²) in [5.74, 6) is -1.03. The van der Waals surface area contributed by atoms with Gasteiger partial charge in [-0.25, -0.2) is 0 Å². The molecule has 0 aromatic heterocycles. The highest BCUT2D eigenvalue weighted by atomic mass is 19.4. The molecule has 0 spiro atoms. The van der Waals surface area contributed by atoms with Crippen molar-refractivity contribution in [3.63, 3.8) is 0 Å². The van der Waals surface area contributed by atoms with E-state index in [1.165, 1.54) is 18.2 Å². The Labute approximate surface area is 145 Å². The van der Waals surface area contributed by atoms with Gasteiger partial charge >= 0.3 is 6.36 Å². The summed E-state index contributed by atoms with van der Waals surface area (Å²) in [6.07, 6.45) is -4.86. The number of ketones is 1. The number of fused-ring (bicyclic) bond motifs is 3. The highest BCUT2D eigenvalue weighted by Gasteiger charge is 2.38. The van der Waals surface area contributed by atoms with Crippen LogP contribution in [-0.4, -0.2) is 22.6 Å². The summed E-state index contributed by atoms with van der Waals surface area (Å²) in [5, 5.41) is 14.1. The molecule has 26 heavy (non-hydrogen) atoms. The number of hydrogen-bond donors (Lipinski definition) is 0. The van der Waals surface area contributed by atoms with Crippen molar-refractivity contribution in [3.05, 3.63) is 77.0 Å². The lowest BCUT2D eigenvalue weighted by molar-refractivity contribution is -0.355. The Morgan fingerprint density at radius 2 is 1.73 bits per heavy atom. The van der Waals surface area contributed by atoms with Crippen LogP contribution < -0.4 is 4.74 Å². The minimum absolute atomic E-state index is 0.0621. The normalized spacial score (nSPS) is 14.0. The quantitative estimate of drug-likeness (QED) is 0.499. The molecule has 4 rings (SSSR count). The molecule has 0 aliphatic carbocycles. The predicted molar refractivity (Wildman–Crippen MR) is 88.8 cm³/mol. The highest BCUT2D eigenvalue weighted by molar-refractivity contribution is 6.53. The van der Waals surface area contributed by atoms with Gasteiger partial charge in [-0.05, 0) is 35.0 Å². The average Bonchev–Trinajstić information content (AvgIpc) is 2.85. The minimum atomic E-state index is -4.86. The molecule has 0 radical (unpaired) electrons. The zero-order chi connectivity index (χ0) is 18.5. The Hall–Kier alpha value is -3.35. The van der Waals surface area contributed by atoms with Gasteiger partial charge in [-0.3, -0.25) is 4.79 Å². The van der Waals surface area contributed by atoms with Crippen molar-refractivity contribution in [2.24, 2.45) is 0 Å². The van der Waals surface area contributed by atoms with E-state index in [-0.39, 0.29) is 22.5 Å². The lowest BCUT2D eigenvalue weighted by Crippen LogP contribution is -2.19. The summed E-state index contributed by atoms with van der Waals surface area (Å²) in [7, 11) is 0. The van der Waals surface area contributed by atoms with E-state index in [9.17, 15) is 23.2 Å². The van der Waals surface area contributed by atoms with Crippen LogP contribution in [0.25, 0.3) is 10.8 Å². The monoisotopic (exact) mass is 357 g/mol. The number of carbonyl (C=O) groups excluding carboxylic acids is 1. The lowest BCUT2D eigenvalue weighted by Gasteiger charge is -2.09. The van der Waals surface area contributed by atoms with Crippen LogP contribution in [-0.2, 0) is 0 Å². The molecule has 3 aromatic carbocycles. The van der Waals surface area contributed by atoms with Crippen LogP contribution in [0.2, 0.25) is 0 Å². The third-order valence-electron chi connectivity index (χ3n) is 4.11. The Morgan fingerprint density at radius 3 is 2.50 bits per heavy atom. The summed E-state index contributed by atoms with van der Waals surface area (Å²) in [4.78, 5) is 12.9. The van der Waals surface area contributed by atoms with Gasteiger partial charge in [0.2, 0.25) is 5.69 Å². The predicted octanol–water partition coefficient (Wildman–Crippen LogP) is 4.57. The van der Waals surface area contributed by atoms with Crippen LogP contribution >= 0.6 is 0 Å². The zero-order valence-electron chi connectivity index (χ0n) is 13.1. The summed E-state index contributed by atoms with van der Waals surface area (Å²) >= 11 is 0. The molecule has 0 saturated carbocycles. The number of Topliss-reactive ketones (excluding diaryl/α,β-unsaturated/α-hetero) is 1. The van der Waals surface area contributed by atoms with Crippen molar-refractivity contribution in [1.29, 1.82) is 0 Å². The molecule has 130 valence electrons. The van der Waals surface area contributed by atoms with E-state index in [2.05, 4.69) is 4.74 Å². The molecule has 0 saturated heterocycles. The number of alkyl halides is 3. The smallest absolute Gasteiger partial charge is 0.573 e. The lowest BCUT2D eigenvalue weighted by atomic mass is 9.97. The molecule has 0 N–H and O–H groups in total. The average molecular weight is 357 g/mol. The standard InChI is InChI=1S/C19H10F3NO3/c20-19(21,22)26-13-6-3-5-12(10-13)17-18(24)16-14-7-2-1-4-11(14)8-9-15(16)23(17)25/h1-10H. The van der Waals surface area contributed by atoms with E-state index in [4.69, 9.17) is 0 Å². The molecule has 0 fully saturated rings. The first-order valence-electron chi connectivity index (χ1n) is 7.62. The Balaban J connectivity index is 1.84. The molecular formula is C19H10F3NO3. The van der Waals surface area contributed by atoms with E-state index >= 15 is 0 Å². The molecule has 7 heteroatoms. The number of rotatable bonds is 2. The number of ether oxygens (including phenoxy) is 1. The van der Waals surface area contributed by atoms with E-state index in [1.54, 1.807) is 18.2 Å². The largest absolute Gasteiger partial charge is 0.618 e. The number of hydrogen-bond acceptors (Lipinski definition) is 3. The summed E-state index contributed by atoms with van der Waals surface area (Å²) in [5.41, 5.74) is 0.247. The van der Waals surface area contributed by atoms with Crippen LogP contribution in [0.4, 0.5) is 18.9 Å². The van der Waals surface area contributed by atoms with Gasteiger partial charge in [-0.15, -0.1) is 13.2 Å². The Morgan fingerprint density at radius 1 is 0.962 bits per heavy atom. The Bertz CT molecular complexity index is 1090. The molecule has 1 aliphatic rings. The number of halogens is 3. The van der Waals surface area contributed by atoms with Crippen molar-refractivity contribution in [2.45, 2.75) is 6.36 Å². The van der Waals surface area contributed by atoms with E-state index < -0.39 is 17.9 Å². The van der Waals surface area contributed by atoms with Gasteiger partial charge in [0.05, 0.1) is 5.56 Å². The maximum Gasteiger partial charge on any atom is 0.573 e. The maximum absolute atomic E-state index is 12.9. The van der Waals surface area contributed by atoms with Crippen LogP contribution in [0, 0.1) is 5.21 Å². The fraction of sp³-hybridized carbons (Fsp3) is 0.0526. The fourth-order valence-corrected chi connectivity index (χ4v) is 3.09. The number of carbonyl (C=O) groups is 1. The highest BCUT2D eigenvalue weighted by Crippen LogP contribution is 2.35. The van der Waals surface area contributed by atoms with Crippen LogP contribution in [0.5, 0.6) is 5.75 Å². The van der Waals surface area contributed by atoms with Crippen LogP contribution in [0.1, 0.15) is 15.9 Å². The summed E-state index contributed by atoms with van der Waals surface area (Å²) < 4.78 is 41.6. The van der Waals surface area contributed by atoms with Crippen molar-refractivity contribution < 1.29 is 27.4 Å². The van der Waals surface area contributed by atoms with Crippen LogP contribution in [0.15, 0.2) is 60.7 Å². The van der Waals surface area contributed by atoms with Gasteiger partial charge in [-0.2, -0.15) is 4.74 Å². The second-order valence-electron chi connectivity index (χ2n) is 5.73. The van der Waals surface area contributed by atoms with E-state index in [0.29, 0.717) is 10.1 Å². The third kappa shape index (κ3) is 2.57. The first-order valence-corrected chi connectivity index (χ1v) is 7.62. The van der Waals surface area contributed by atoms with E-state index in [0.717, 1.165) is 17.5 Å². The number of nitrogens with zero attached hydrogens (tertiary/aromatic N) is 1. The molecule has 4 nitrogen and oxygen atoms in total. The van der Waals surface area contributed by atoms with Crippen molar-refractivity contribution in [3.8, 4) is 5.75 Å². The molecule has 0 unspecified atom stereocenters. The molecule has 0 amide bonds. The topological polar surface area (TPSA) is 52.4 Å². The second-order valence-corrected chi connectivity index (χ2v) is 5.73. The molecule has 3 aromatic rings. The van der Waals surface area contributed by atoms with Crippen molar-refractivity contribution in [2.75, 3.05) is 0 Å². The summed E-state index contributed by atoms with van der Waals surface area (Å²) in [6.45, 7) is 0. The fourth-order valence-electron chi connectivity index (χ4n) is 3.09. The van der Waals surface area contributed by atoms with Gasteiger partial charge in [0.25, 0.3) is 11.5 Å². The molecule has 0 atom stereocenters. The SMILES string of the molecule is O=C1C(c2cccc(OC(F)(F)F)c2)=[N+]([O-])c2ccc3ccccc3c21. The molecule has 1 heterocycles. The number of benzene rings is 3. The molecule has 0 bridgehead atoms. The summed E-state index contributed by atoms with van der Waals surface area (Å²) in [6, 6.07) is 15.2. The van der Waals surface area contributed by atoms with Gasteiger partial charge in [0, 0.05) is 6.07 Å². The Kier molecular flexibility index (Phi) is 3.47. The van der Waals surface area contributed by atoms with Gasteiger partial charge < -0.3 is 9.94 Å². The van der Waals surface area contributed by atoms with Gasteiger partial charge in [-0.1, -0.05) is 30.3 Å².